The first-order valence-corrected chi connectivity index (χ1v) is 4.87. The van der Waals surface area contributed by atoms with E-state index in [-0.39, 0.29) is 6.61 Å². The molecule has 0 unspecified atom stereocenters. The molecule has 0 radical (unpaired) electrons. The van der Waals surface area contributed by atoms with Gasteiger partial charge in [0.1, 0.15) is 11.5 Å². The zero-order valence-corrected chi connectivity index (χ0v) is 8.65. The number of aliphatic hydroxyl groups excluding tert-OH is 1. The van der Waals surface area contributed by atoms with Gasteiger partial charge in [0.15, 0.2) is 0 Å². The van der Waals surface area contributed by atoms with Crippen molar-refractivity contribution in [2.24, 2.45) is 0 Å². The summed E-state index contributed by atoms with van der Waals surface area (Å²) in [7, 11) is 0. The van der Waals surface area contributed by atoms with E-state index >= 15 is 0 Å². The fraction of sp³-hybridized carbons (Fsp3) is 0.0909. The van der Waals surface area contributed by atoms with Gasteiger partial charge >= 0.3 is 0 Å². The van der Waals surface area contributed by atoms with Crippen LogP contribution in [-0.2, 0) is 0 Å². The number of fused-ring (bicyclic) bond motifs is 1. The second-order valence-electron chi connectivity index (χ2n) is 3.03. The van der Waals surface area contributed by atoms with Crippen LogP contribution in [0.25, 0.3) is 17.0 Å². The van der Waals surface area contributed by atoms with Gasteiger partial charge in [0.25, 0.3) is 0 Å². The van der Waals surface area contributed by atoms with Crippen LogP contribution in [0.4, 0.5) is 0 Å². The van der Waals surface area contributed by atoms with Gasteiger partial charge in [-0.05, 0) is 17.7 Å². The lowest BCUT2D eigenvalue weighted by molar-refractivity contribution is 0.343. The molecule has 1 aromatic carbocycles. The molecule has 0 aliphatic carbocycles. The Kier molecular flexibility index (Phi) is 2.94. The molecule has 1 heterocycles. The number of benzene rings is 1. The Morgan fingerprint density at radius 2 is 2.20 bits per heavy atom. The fourth-order valence-corrected chi connectivity index (χ4v) is 1.54. The molecule has 0 bridgehead atoms. The third-order valence-electron chi connectivity index (χ3n) is 2.03. The summed E-state index contributed by atoms with van der Waals surface area (Å²) in [5.74, 6) is 0. The molecule has 2 aromatic rings. The van der Waals surface area contributed by atoms with E-state index < -0.39 is 0 Å². The van der Waals surface area contributed by atoms with Crippen molar-refractivity contribution in [3.8, 4) is 0 Å². The summed E-state index contributed by atoms with van der Waals surface area (Å²) in [5, 5.41) is 9.94. The zero-order valence-electron chi connectivity index (χ0n) is 7.89. The van der Waals surface area contributed by atoms with Gasteiger partial charge in [-0.2, -0.15) is 0 Å². The summed E-state index contributed by atoms with van der Waals surface area (Å²) < 4.78 is 0. The number of nitrogens with zero attached hydrogens (tertiary/aromatic N) is 2. The second-order valence-corrected chi connectivity index (χ2v) is 3.38. The van der Waals surface area contributed by atoms with Crippen LogP contribution < -0.4 is 0 Å². The number of hydrogen-bond acceptors (Lipinski definition) is 3. The predicted octanol–water partition coefficient (Wildman–Crippen LogP) is 2.29. The SMILES string of the molecule is OCC=Cc1ccc2c(Cl)ncnc2c1. The molecule has 4 heteroatoms. The number of aliphatic hydroxyl groups is 1. The van der Waals surface area contributed by atoms with E-state index in [2.05, 4.69) is 9.97 Å². The van der Waals surface area contributed by atoms with Crippen molar-refractivity contribution in [2.45, 2.75) is 0 Å². The lowest BCUT2D eigenvalue weighted by Crippen LogP contribution is -1.84. The maximum atomic E-state index is 8.65. The van der Waals surface area contributed by atoms with E-state index in [9.17, 15) is 0 Å². The summed E-state index contributed by atoms with van der Waals surface area (Å²) >= 11 is 5.90. The van der Waals surface area contributed by atoms with E-state index in [1.54, 1.807) is 6.08 Å². The highest BCUT2D eigenvalue weighted by Gasteiger charge is 2.00. The molecule has 3 nitrogen and oxygen atoms in total. The summed E-state index contributed by atoms with van der Waals surface area (Å²) in [4.78, 5) is 8.01. The monoisotopic (exact) mass is 220 g/mol. The number of aromatic nitrogens is 2. The highest BCUT2D eigenvalue weighted by Crippen LogP contribution is 2.20. The maximum absolute atomic E-state index is 8.65. The molecule has 1 aromatic heterocycles. The largest absolute Gasteiger partial charge is 0.392 e. The summed E-state index contributed by atoms with van der Waals surface area (Å²) in [5.41, 5.74) is 1.78. The Balaban J connectivity index is 2.52. The van der Waals surface area contributed by atoms with Crippen molar-refractivity contribution < 1.29 is 5.11 Å². The van der Waals surface area contributed by atoms with Gasteiger partial charge in [0.2, 0.25) is 0 Å². The highest BCUT2D eigenvalue weighted by atomic mass is 35.5. The molecular weight excluding hydrogens is 212 g/mol. The average molecular weight is 221 g/mol. The molecule has 15 heavy (non-hydrogen) atoms. The van der Waals surface area contributed by atoms with Gasteiger partial charge in [-0.15, -0.1) is 0 Å². The molecule has 0 amide bonds. The Labute approximate surface area is 92.1 Å². The van der Waals surface area contributed by atoms with Crippen molar-refractivity contribution in [3.05, 3.63) is 41.3 Å². The molecule has 0 fully saturated rings. The Morgan fingerprint density at radius 3 is 3.00 bits per heavy atom. The minimum atomic E-state index is 0.0303. The Bertz CT molecular complexity index is 511. The minimum absolute atomic E-state index is 0.0303. The van der Waals surface area contributed by atoms with Crippen LogP contribution in [0.1, 0.15) is 5.56 Å². The maximum Gasteiger partial charge on any atom is 0.140 e. The van der Waals surface area contributed by atoms with Gasteiger partial charge in [-0.3, -0.25) is 0 Å². The van der Waals surface area contributed by atoms with Crippen LogP contribution in [0.15, 0.2) is 30.6 Å². The van der Waals surface area contributed by atoms with E-state index in [0.717, 1.165) is 16.5 Å². The predicted molar refractivity (Wildman–Crippen MR) is 60.7 cm³/mol. The molecule has 0 atom stereocenters. The van der Waals surface area contributed by atoms with Gasteiger partial charge in [-0.1, -0.05) is 29.8 Å². The summed E-state index contributed by atoms with van der Waals surface area (Å²) in [6.07, 6.45) is 4.93. The third-order valence-corrected chi connectivity index (χ3v) is 2.33. The molecule has 1 N–H and O–H groups in total. The van der Waals surface area contributed by atoms with Gasteiger partial charge in [-0.25, -0.2) is 9.97 Å². The molecule has 0 aliphatic rings. The molecular formula is C11H9ClN2O. The Morgan fingerprint density at radius 1 is 1.33 bits per heavy atom. The van der Waals surface area contributed by atoms with Gasteiger partial charge in [0.05, 0.1) is 12.1 Å². The van der Waals surface area contributed by atoms with Crippen LogP contribution in [0.2, 0.25) is 5.15 Å². The lowest BCUT2D eigenvalue weighted by atomic mass is 10.1. The average Bonchev–Trinajstić information content (AvgIpc) is 2.26. The minimum Gasteiger partial charge on any atom is -0.392 e. The molecule has 76 valence electrons. The fourth-order valence-electron chi connectivity index (χ4n) is 1.33. The highest BCUT2D eigenvalue weighted by molar-refractivity contribution is 6.34. The normalized spacial score (nSPS) is 11.3. The first-order chi connectivity index (χ1) is 7.31. The molecule has 0 saturated heterocycles. The van der Waals surface area contributed by atoms with Crippen LogP contribution in [0.5, 0.6) is 0 Å². The quantitative estimate of drug-likeness (QED) is 0.790. The van der Waals surface area contributed by atoms with Crippen molar-refractivity contribution in [3.63, 3.8) is 0 Å². The molecule has 0 spiro atoms. The Hall–Kier alpha value is -1.45. The van der Waals surface area contributed by atoms with Crippen LogP contribution in [-0.4, -0.2) is 21.7 Å². The van der Waals surface area contributed by atoms with Gasteiger partial charge in [0, 0.05) is 5.39 Å². The smallest absolute Gasteiger partial charge is 0.140 e. The summed E-state index contributed by atoms with van der Waals surface area (Å²) in [6.45, 7) is 0.0303. The van der Waals surface area contributed by atoms with Crippen molar-refractivity contribution >= 4 is 28.6 Å². The first kappa shape index (κ1) is 10.1. The third kappa shape index (κ3) is 2.14. The topological polar surface area (TPSA) is 46.0 Å². The number of halogens is 1. The van der Waals surface area contributed by atoms with Crippen molar-refractivity contribution in [2.75, 3.05) is 6.61 Å². The van der Waals surface area contributed by atoms with E-state index in [1.807, 2.05) is 24.3 Å². The first-order valence-electron chi connectivity index (χ1n) is 4.49. The van der Waals surface area contributed by atoms with E-state index in [0.29, 0.717) is 5.15 Å². The van der Waals surface area contributed by atoms with Gasteiger partial charge < -0.3 is 5.11 Å². The zero-order chi connectivity index (χ0) is 10.7. The van der Waals surface area contributed by atoms with E-state index in [1.165, 1.54) is 6.33 Å². The summed E-state index contributed by atoms with van der Waals surface area (Å²) in [6, 6.07) is 5.67. The van der Waals surface area contributed by atoms with Crippen molar-refractivity contribution in [1.82, 2.24) is 9.97 Å². The van der Waals surface area contributed by atoms with Crippen molar-refractivity contribution in [1.29, 1.82) is 0 Å². The second kappa shape index (κ2) is 4.38. The molecule has 0 saturated carbocycles. The van der Waals surface area contributed by atoms with Crippen LogP contribution in [0, 0.1) is 0 Å². The number of hydrogen-bond donors (Lipinski definition) is 1. The molecule has 0 aliphatic heterocycles. The molecule has 2 rings (SSSR count). The lowest BCUT2D eigenvalue weighted by Gasteiger charge is -1.99. The van der Waals surface area contributed by atoms with E-state index in [4.69, 9.17) is 16.7 Å². The van der Waals surface area contributed by atoms with Crippen LogP contribution >= 0.6 is 11.6 Å². The number of rotatable bonds is 2. The standard InChI is InChI=1S/C11H9ClN2O/c12-11-9-4-3-8(2-1-5-15)6-10(9)13-7-14-11/h1-4,6-7,15H,5H2. The van der Waals surface area contributed by atoms with Crippen LogP contribution in [0.3, 0.4) is 0 Å².